The Kier molecular flexibility index (Phi) is 17.1. The number of benzene rings is 4. The van der Waals surface area contributed by atoms with E-state index in [4.69, 9.17) is 35.8 Å². The zero-order valence-electron chi connectivity index (χ0n) is 46.1. The van der Waals surface area contributed by atoms with Crippen molar-refractivity contribution in [1.82, 2.24) is 55.7 Å². The highest BCUT2D eigenvalue weighted by Gasteiger charge is 2.44. The molecule has 11 rings (SSSR count). The zero-order chi connectivity index (χ0) is 58.0. The Morgan fingerprint density at radius 2 is 1.74 bits per heavy atom. The minimum atomic E-state index is -5.02. The number of carbonyl (C=O) groups is 2. The van der Waals surface area contributed by atoms with E-state index in [1.807, 2.05) is 75.9 Å². The molecule has 18 nitrogen and oxygen atoms in total. The smallest absolute Gasteiger partial charge is 0.417 e. The summed E-state index contributed by atoms with van der Waals surface area (Å²) >= 11 is 6.68. The number of halogens is 5. The Morgan fingerprint density at radius 1 is 0.976 bits per heavy atom. The molecule has 0 saturated carbocycles. The van der Waals surface area contributed by atoms with Crippen LogP contribution in [0.4, 0.5) is 23.4 Å². The average Bonchev–Trinajstić information content (AvgIpc) is 4.46. The summed E-state index contributed by atoms with van der Waals surface area (Å²) in [7, 11) is 1.50. The van der Waals surface area contributed by atoms with Gasteiger partial charge in [-0.25, -0.2) is 9.07 Å². The molecule has 3 aliphatic heterocycles. The van der Waals surface area contributed by atoms with Gasteiger partial charge in [-0.3, -0.25) is 19.7 Å². The largest absolute Gasteiger partial charge is 0.486 e. The number of aliphatic hydroxyl groups excluding tert-OH is 1. The predicted molar refractivity (Wildman–Crippen MR) is 302 cm³/mol. The summed E-state index contributed by atoms with van der Waals surface area (Å²) < 4.78 is 82.2. The summed E-state index contributed by atoms with van der Waals surface area (Å²) in [6.07, 6.45) is 1.45. The first-order valence-corrected chi connectivity index (χ1v) is 27.7. The van der Waals surface area contributed by atoms with Crippen molar-refractivity contribution in [3.8, 4) is 45.3 Å². The number of nitrogens with one attached hydrogen (secondary N) is 3. The number of nitrogens with zero attached hydrogens (tertiary/aromatic N) is 9. The summed E-state index contributed by atoms with van der Waals surface area (Å²) in [6, 6.07) is 18.0. The molecule has 3 saturated heterocycles. The number of likely N-dealkylation sites (tertiary alicyclic amines) is 1. The first-order chi connectivity index (χ1) is 39.6. The van der Waals surface area contributed by atoms with Crippen LogP contribution in [0, 0.1) is 18.7 Å². The number of hydrogen-bond acceptors (Lipinski definition) is 14. The van der Waals surface area contributed by atoms with E-state index in [0.717, 1.165) is 35.4 Å². The van der Waals surface area contributed by atoms with Gasteiger partial charge in [-0.15, -0.1) is 5.10 Å². The van der Waals surface area contributed by atoms with Gasteiger partial charge in [0.2, 0.25) is 11.8 Å². The molecular weight excluding hydrogens is 1080 g/mol. The van der Waals surface area contributed by atoms with Crippen LogP contribution in [-0.4, -0.2) is 127 Å². The molecule has 0 spiro atoms. The lowest BCUT2D eigenvalue weighted by molar-refractivity contribution is -0.142. The highest BCUT2D eigenvalue weighted by molar-refractivity contribution is 6.35. The fourth-order valence-electron chi connectivity index (χ4n) is 11.2. The number of H-pyrrole nitrogens is 1. The van der Waals surface area contributed by atoms with Crippen molar-refractivity contribution in [2.24, 2.45) is 5.92 Å². The van der Waals surface area contributed by atoms with Gasteiger partial charge in [0.05, 0.1) is 47.8 Å². The molecule has 82 heavy (non-hydrogen) atoms. The van der Waals surface area contributed by atoms with Gasteiger partial charge < -0.3 is 39.8 Å². The van der Waals surface area contributed by atoms with Crippen molar-refractivity contribution in [2.75, 3.05) is 51.5 Å². The molecule has 4 aromatic carbocycles. The topological polar surface area (TPSA) is 211 Å². The second-order valence-electron chi connectivity index (χ2n) is 20.7. The molecule has 3 fully saturated rings. The first kappa shape index (κ1) is 57.4. The molecule has 0 radical (unpaired) electrons. The number of piperazine rings is 1. The number of carbonyl (C=O) groups excluding carboxylic acids is 2. The summed E-state index contributed by atoms with van der Waals surface area (Å²) in [5.74, 6) is -2.04. The van der Waals surface area contributed by atoms with Crippen molar-refractivity contribution in [2.45, 2.75) is 96.9 Å². The molecule has 430 valence electrons. The Hall–Kier alpha value is -7.79. The van der Waals surface area contributed by atoms with Crippen molar-refractivity contribution in [3.63, 3.8) is 0 Å². The number of aryl methyl sites for hydroxylation is 1. The third-order valence-corrected chi connectivity index (χ3v) is 15.6. The number of aromatic amines is 1. The molecule has 4 N–H and O–H groups in total. The maximum absolute atomic E-state index is 15.8. The van der Waals surface area contributed by atoms with E-state index in [1.54, 1.807) is 41.6 Å². The molecule has 5 atom stereocenters. The van der Waals surface area contributed by atoms with E-state index in [0.29, 0.717) is 54.9 Å². The second kappa shape index (κ2) is 24.3. The number of ether oxygens (including phenoxy) is 3. The van der Waals surface area contributed by atoms with Gasteiger partial charge in [-0.1, -0.05) is 99.1 Å². The third-order valence-electron chi connectivity index (χ3n) is 15.2. The van der Waals surface area contributed by atoms with Crippen LogP contribution >= 0.6 is 11.6 Å². The quantitative estimate of drug-likeness (QED) is 0.0466. The SMILES string of the molecule is CC.COCCOc1nc(N2CC3CC2CN3)c2cc(C(F)(F)F)c(-c3c(Cl)c(F)cc4[nH]ncc34)c(OCc3ccc(-c4cn(C(C(=O)N5CCCC5C(=O)NC(CO)c5ccc(-c6cccnc6C)cc5)C(C)C)nn4)cc3)c2n1. The van der Waals surface area contributed by atoms with Crippen molar-refractivity contribution >= 4 is 51.0 Å². The van der Waals surface area contributed by atoms with Crippen molar-refractivity contribution < 1.29 is 46.5 Å². The molecule has 2 bridgehead atoms. The number of hydrogen-bond donors (Lipinski definition) is 4. The van der Waals surface area contributed by atoms with Crippen LogP contribution in [-0.2, 0) is 27.1 Å². The fourth-order valence-corrected chi connectivity index (χ4v) is 11.5. The number of pyridine rings is 1. The van der Waals surface area contributed by atoms with Crippen LogP contribution in [0.5, 0.6) is 11.8 Å². The lowest BCUT2D eigenvalue weighted by Gasteiger charge is -2.30. The van der Waals surface area contributed by atoms with Crippen LogP contribution in [0.2, 0.25) is 5.02 Å². The summed E-state index contributed by atoms with van der Waals surface area (Å²) in [5.41, 5.74) is 3.17. The minimum absolute atomic E-state index is 0.0193. The number of anilines is 1. The number of alkyl halides is 3. The number of aliphatic hydroxyl groups is 1. The molecule has 0 aliphatic carbocycles. The lowest BCUT2D eigenvalue weighted by atomic mass is 9.93. The average molecular weight is 1150 g/mol. The van der Waals surface area contributed by atoms with Gasteiger partial charge in [-0.05, 0) is 60.9 Å². The van der Waals surface area contributed by atoms with Gasteiger partial charge >= 0.3 is 12.2 Å². The van der Waals surface area contributed by atoms with E-state index in [1.165, 1.54) is 18.0 Å². The lowest BCUT2D eigenvalue weighted by Crippen LogP contribution is -2.50. The molecule has 5 unspecified atom stereocenters. The summed E-state index contributed by atoms with van der Waals surface area (Å²) in [4.78, 5) is 45.8. The standard InChI is InChI=1S/C57H57ClF4N12O6.C2H6/c1-30(2)51(55(77)72-18-6-8-46(72)54(76)66-45(28-75)35-15-13-33(14-16-35)38-7-5-17-63-31(38)3)74-27-44(70-71-74)34-11-9-32(10-12-34)29-80-52-48(47-40-25-65-69-43(40)23-42(59)49(47)58)41(57(60,61)62)22-39-50(52)67-56(79-20-19-78-4)68-53(39)73-26-36-21-37(73)24-64-36;1-2/h5,7,9-17,22-23,25,27,30,36-37,45-46,51,64,75H,6,8,18-21,24,26,28-29H2,1-4H3,(H,65,69)(H,66,76);1-2H3. The number of amides is 2. The highest BCUT2D eigenvalue weighted by Crippen LogP contribution is 2.52. The molecule has 7 heterocycles. The Labute approximate surface area is 475 Å². The van der Waals surface area contributed by atoms with Crippen LogP contribution in [0.15, 0.2) is 91.4 Å². The van der Waals surface area contributed by atoms with Gasteiger partial charge in [0.25, 0.3) is 0 Å². The molecule has 2 amide bonds. The van der Waals surface area contributed by atoms with Crippen LogP contribution < -0.4 is 25.0 Å². The van der Waals surface area contributed by atoms with E-state index < -0.39 is 46.3 Å². The van der Waals surface area contributed by atoms with Crippen molar-refractivity contribution in [3.05, 3.63) is 125 Å². The Bertz CT molecular complexity index is 3600. The van der Waals surface area contributed by atoms with Crippen LogP contribution in [0.3, 0.4) is 0 Å². The maximum Gasteiger partial charge on any atom is 0.417 e. The minimum Gasteiger partial charge on any atom is -0.486 e. The monoisotopic (exact) mass is 1150 g/mol. The van der Waals surface area contributed by atoms with E-state index >= 15 is 17.6 Å². The van der Waals surface area contributed by atoms with Crippen molar-refractivity contribution in [1.29, 1.82) is 0 Å². The van der Waals surface area contributed by atoms with Gasteiger partial charge in [0.15, 0.2) is 5.75 Å². The van der Waals surface area contributed by atoms with Gasteiger partial charge in [0.1, 0.15) is 48.1 Å². The molecule has 23 heteroatoms. The fraction of sp³-hybridized carbons (Fsp3) is 0.390. The second-order valence-corrected chi connectivity index (χ2v) is 21.0. The van der Waals surface area contributed by atoms with Gasteiger partial charge in [0, 0.05) is 89.8 Å². The normalized spacial score (nSPS) is 17.6. The summed E-state index contributed by atoms with van der Waals surface area (Å²) in [5, 5.41) is 31.9. The van der Waals surface area contributed by atoms with Crippen LogP contribution in [0.1, 0.15) is 81.4 Å². The van der Waals surface area contributed by atoms with Gasteiger partial charge in [-0.2, -0.15) is 28.2 Å². The predicted octanol–water partition coefficient (Wildman–Crippen LogP) is 9.83. The third kappa shape index (κ3) is 11.4. The number of rotatable bonds is 18. The van der Waals surface area contributed by atoms with Crippen LogP contribution in [0.25, 0.3) is 55.3 Å². The molecule has 8 aromatic rings. The first-order valence-electron chi connectivity index (χ1n) is 27.4. The Morgan fingerprint density at radius 3 is 2.43 bits per heavy atom. The zero-order valence-corrected chi connectivity index (χ0v) is 46.9. The number of aromatic nitrogens is 8. The van der Waals surface area contributed by atoms with E-state index in [9.17, 15) is 14.7 Å². The summed E-state index contributed by atoms with van der Waals surface area (Å²) in [6.45, 7) is 10.7. The maximum atomic E-state index is 15.8. The van der Waals surface area contributed by atoms with E-state index in [2.05, 4.69) is 36.1 Å². The molecular formula is C59H63ClF4N12O6. The Balaban J connectivity index is 0.00000372. The molecule has 4 aromatic heterocycles. The van der Waals surface area contributed by atoms with E-state index in [-0.39, 0.29) is 101 Å². The molecule has 3 aliphatic rings. The highest BCUT2D eigenvalue weighted by atomic mass is 35.5. The number of methoxy groups -OCH3 is 1. The number of fused-ring (bicyclic) bond motifs is 4.